The molecular formula is C24H24N4O2. The van der Waals surface area contributed by atoms with Crippen LogP contribution in [-0.2, 0) is 0 Å². The van der Waals surface area contributed by atoms with Gasteiger partial charge in [0, 0.05) is 55.3 Å². The zero-order valence-corrected chi connectivity index (χ0v) is 17.2. The van der Waals surface area contributed by atoms with Gasteiger partial charge >= 0.3 is 0 Å². The maximum Gasteiger partial charge on any atom is 0.270 e. The number of oxazole rings is 1. The summed E-state index contributed by atoms with van der Waals surface area (Å²) in [4.78, 5) is 24.8. The average Bonchev–Trinajstić information content (AvgIpc) is 3.37. The molecule has 2 aromatic heterocycles. The second kappa shape index (κ2) is 7.37. The minimum atomic E-state index is 0.0828. The van der Waals surface area contributed by atoms with Crippen molar-refractivity contribution < 1.29 is 9.21 Å². The lowest BCUT2D eigenvalue weighted by atomic mass is 10.1. The highest BCUT2D eigenvalue weighted by Crippen LogP contribution is 2.26. The van der Waals surface area contributed by atoms with E-state index in [9.17, 15) is 4.79 Å². The Morgan fingerprint density at radius 3 is 2.40 bits per heavy atom. The Morgan fingerprint density at radius 1 is 1.00 bits per heavy atom. The number of benzene rings is 2. The summed E-state index contributed by atoms with van der Waals surface area (Å²) in [5.74, 6) is 1.53. The molecule has 6 heteroatoms. The fraction of sp³-hybridized carbons (Fsp3) is 0.250. The van der Waals surface area contributed by atoms with E-state index < -0.39 is 0 Å². The van der Waals surface area contributed by atoms with Gasteiger partial charge in [0.2, 0.25) is 0 Å². The maximum atomic E-state index is 13.1. The van der Waals surface area contributed by atoms with Gasteiger partial charge in [-0.15, -0.1) is 0 Å². The van der Waals surface area contributed by atoms with Gasteiger partial charge in [0.05, 0.1) is 6.20 Å². The predicted molar refractivity (Wildman–Crippen MR) is 118 cm³/mol. The van der Waals surface area contributed by atoms with Gasteiger partial charge in [-0.05, 0) is 42.8 Å². The summed E-state index contributed by atoms with van der Waals surface area (Å²) in [6, 6.07) is 16.4. The zero-order valence-electron chi connectivity index (χ0n) is 17.2. The summed E-state index contributed by atoms with van der Waals surface area (Å²) in [5, 5.41) is 1.11. The number of nitrogens with one attached hydrogen (secondary N) is 1. The first-order valence-corrected chi connectivity index (χ1v) is 10.2. The molecule has 0 bridgehead atoms. The Balaban J connectivity index is 1.26. The zero-order chi connectivity index (χ0) is 20.7. The molecule has 5 rings (SSSR count). The lowest BCUT2D eigenvalue weighted by molar-refractivity contribution is 0.0741. The number of nitrogens with zero attached hydrogens (tertiary/aromatic N) is 3. The van der Waals surface area contributed by atoms with Crippen molar-refractivity contribution in [1.29, 1.82) is 0 Å². The molecule has 3 heterocycles. The van der Waals surface area contributed by atoms with Crippen molar-refractivity contribution in [1.82, 2.24) is 14.9 Å². The molecule has 2 aromatic carbocycles. The first kappa shape index (κ1) is 18.5. The number of hydrogen-bond donors (Lipinski definition) is 1. The molecule has 0 atom stereocenters. The van der Waals surface area contributed by atoms with Crippen LogP contribution in [0.3, 0.4) is 0 Å². The van der Waals surface area contributed by atoms with Gasteiger partial charge in [0.15, 0.2) is 11.7 Å². The number of piperazine rings is 1. The number of rotatable bonds is 3. The molecule has 1 fully saturated rings. The van der Waals surface area contributed by atoms with Gasteiger partial charge < -0.3 is 19.2 Å². The largest absolute Gasteiger partial charge is 0.441 e. The molecule has 1 saturated heterocycles. The molecule has 1 amide bonds. The van der Waals surface area contributed by atoms with E-state index in [2.05, 4.69) is 45.2 Å². The molecule has 1 N–H and O–H groups in total. The van der Waals surface area contributed by atoms with Crippen molar-refractivity contribution in [2.75, 3.05) is 31.1 Å². The number of aromatic amines is 1. The molecule has 0 unspecified atom stereocenters. The summed E-state index contributed by atoms with van der Waals surface area (Å²) >= 11 is 0. The molecule has 0 aliphatic carbocycles. The summed E-state index contributed by atoms with van der Waals surface area (Å²) < 4.78 is 5.60. The third-order valence-corrected chi connectivity index (χ3v) is 5.88. The SMILES string of the molecule is Cc1ncc(-c2ccc(N3CCN(C(=O)c4[nH]c5ccccc5c4C)CC3)cc2)o1. The number of aryl methyl sites for hydroxylation is 2. The quantitative estimate of drug-likeness (QED) is 0.553. The highest BCUT2D eigenvalue weighted by atomic mass is 16.4. The van der Waals surface area contributed by atoms with E-state index in [0.717, 1.165) is 46.6 Å². The van der Waals surface area contributed by atoms with E-state index in [1.54, 1.807) is 6.20 Å². The van der Waals surface area contributed by atoms with Gasteiger partial charge in [-0.25, -0.2) is 4.98 Å². The summed E-state index contributed by atoms with van der Waals surface area (Å²) in [6.07, 6.45) is 1.75. The topological polar surface area (TPSA) is 65.4 Å². The number of hydrogen-bond acceptors (Lipinski definition) is 4. The number of amides is 1. The third-order valence-electron chi connectivity index (χ3n) is 5.88. The van der Waals surface area contributed by atoms with E-state index >= 15 is 0 Å². The Bertz CT molecular complexity index is 1200. The number of carbonyl (C=O) groups excluding carboxylic acids is 1. The first-order chi connectivity index (χ1) is 14.6. The Morgan fingerprint density at radius 2 is 1.73 bits per heavy atom. The minimum Gasteiger partial charge on any atom is -0.441 e. The molecule has 0 radical (unpaired) electrons. The van der Waals surface area contributed by atoms with Crippen LogP contribution in [0.1, 0.15) is 21.9 Å². The Labute approximate surface area is 175 Å². The van der Waals surface area contributed by atoms with Crippen LogP contribution in [0.5, 0.6) is 0 Å². The number of H-pyrrole nitrogens is 1. The van der Waals surface area contributed by atoms with Gasteiger partial charge in [-0.1, -0.05) is 18.2 Å². The summed E-state index contributed by atoms with van der Waals surface area (Å²) in [6.45, 7) is 6.89. The number of fused-ring (bicyclic) bond motifs is 1. The van der Waals surface area contributed by atoms with Gasteiger partial charge in [0.1, 0.15) is 5.69 Å². The van der Waals surface area contributed by atoms with Crippen LogP contribution >= 0.6 is 0 Å². The van der Waals surface area contributed by atoms with E-state index in [0.29, 0.717) is 24.7 Å². The van der Waals surface area contributed by atoms with E-state index in [-0.39, 0.29) is 5.91 Å². The maximum absolute atomic E-state index is 13.1. The highest BCUT2D eigenvalue weighted by Gasteiger charge is 2.25. The second-order valence-electron chi connectivity index (χ2n) is 7.74. The summed E-state index contributed by atoms with van der Waals surface area (Å²) in [7, 11) is 0. The second-order valence-corrected chi connectivity index (χ2v) is 7.74. The average molecular weight is 400 g/mol. The van der Waals surface area contributed by atoms with Crippen LogP contribution in [0.4, 0.5) is 5.69 Å². The van der Waals surface area contributed by atoms with Crippen molar-refractivity contribution in [2.24, 2.45) is 0 Å². The van der Waals surface area contributed by atoms with Crippen LogP contribution in [0.25, 0.3) is 22.2 Å². The predicted octanol–water partition coefficient (Wildman–Crippen LogP) is 4.40. The van der Waals surface area contributed by atoms with E-state index in [1.165, 1.54) is 0 Å². The molecule has 4 aromatic rings. The fourth-order valence-corrected chi connectivity index (χ4v) is 4.15. The van der Waals surface area contributed by atoms with Crippen molar-refractivity contribution >= 4 is 22.5 Å². The monoisotopic (exact) mass is 400 g/mol. The lowest BCUT2D eigenvalue weighted by Gasteiger charge is -2.36. The molecule has 30 heavy (non-hydrogen) atoms. The lowest BCUT2D eigenvalue weighted by Crippen LogP contribution is -2.49. The van der Waals surface area contributed by atoms with Crippen molar-refractivity contribution in [2.45, 2.75) is 13.8 Å². The van der Waals surface area contributed by atoms with Crippen LogP contribution in [0.2, 0.25) is 0 Å². The van der Waals surface area contributed by atoms with Crippen molar-refractivity contribution in [3.63, 3.8) is 0 Å². The molecule has 1 aliphatic rings. The number of aromatic nitrogens is 2. The van der Waals surface area contributed by atoms with Gasteiger partial charge in [-0.3, -0.25) is 4.79 Å². The van der Waals surface area contributed by atoms with Crippen molar-refractivity contribution in [3.05, 3.63) is 71.9 Å². The third kappa shape index (κ3) is 3.24. The minimum absolute atomic E-state index is 0.0828. The fourth-order valence-electron chi connectivity index (χ4n) is 4.15. The molecule has 0 spiro atoms. The van der Waals surface area contributed by atoms with Crippen LogP contribution in [0, 0.1) is 13.8 Å². The molecular weight excluding hydrogens is 376 g/mol. The van der Waals surface area contributed by atoms with E-state index in [1.807, 2.05) is 36.9 Å². The van der Waals surface area contributed by atoms with E-state index in [4.69, 9.17) is 4.42 Å². The van der Waals surface area contributed by atoms with Crippen LogP contribution in [-0.4, -0.2) is 47.0 Å². The van der Waals surface area contributed by atoms with Crippen molar-refractivity contribution in [3.8, 4) is 11.3 Å². The smallest absolute Gasteiger partial charge is 0.270 e. The standard InChI is InChI=1S/C24H24N4O2/c1-16-20-5-3-4-6-21(20)26-23(16)24(29)28-13-11-27(12-14-28)19-9-7-18(8-10-19)22-15-25-17(2)30-22/h3-10,15,26H,11-14H2,1-2H3. The number of anilines is 1. The highest BCUT2D eigenvalue weighted by molar-refractivity contribution is 6.01. The number of carbonyl (C=O) groups is 1. The van der Waals surface area contributed by atoms with Gasteiger partial charge in [-0.2, -0.15) is 0 Å². The normalized spacial score (nSPS) is 14.5. The van der Waals surface area contributed by atoms with Crippen LogP contribution < -0.4 is 4.90 Å². The molecule has 0 saturated carbocycles. The first-order valence-electron chi connectivity index (χ1n) is 10.2. The Kier molecular flexibility index (Phi) is 4.54. The summed E-state index contributed by atoms with van der Waals surface area (Å²) in [5.41, 5.74) is 4.91. The molecule has 6 nitrogen and oxygen atoms in total. The molecule has 1 aliphatic heterocycles. The Hall–Kier alpha value is -3.54. The molecule has 152 valence electrons. The van der Waals surface area contributed by atoms with Gasteiger partial charge in [0.25, 0.3) is 5.91 Å². The van der Waals surface area contributed by atoms with Crippen LogP contribution in [0.15, 0.2) is 59.1 Å². The number of para-hydroxylation sites is 1.